The van der Waals surface area contributed by atoms with E-state index in [2.05, 4.69) is 42.5 Å². The predicted octanol–water partition coefficient (Wildman–Crippen LogP) is 11.6. The maximum Gasteiger partial charge on any atom is 0.383 e. The number of allylic oxidation sites excluding steroid dienone is 2. The van der Waals surface area contributed by atoms with Crippen molar-refractivity contribution < 1.29 is 30.7 Å². The van der Waals surface area contributed by atoms with E-state index in [9.17, 15) is 30.7 Å². The number of alkyl halides is 7. The molecule has 0 aromatic carbocycles. The van der Waals surface area contributed by atoms with Crippen LogP contribution in [0.4, 0.5) is 30.7 Å². The van der Waals surface area contributed by atoms with Crippen molar-refractivity contribution in [3.8, 4) is 19.5 Å². The lowest BCUT2D eigenvalue weighted by atomic mass is 9.86. The highest BCUT2D eigenvalue weighted by atomic mass is 127. The summed E-state index contributed by atoms with van der Waals surface area (Å²) in [6, 6.07) is 8.62. The molecule has 0 saturated carbocycles. The van der Waals surface area contributed by atoms with Gasteiger partial charge in [0.1, 0.15) is 0 Å². The summed E-state index contributed by atoms with van der Waals surface area (Å²) >= 11 is 6.22. The molecule has 38 heavy (non-hydrogen) atoms. The van der Waals surface area contributed by atoms with Gasteiger partial charge >= 0.3 is 17.8 Å². The zero-order valence-electron chi connectivity index (χ0n) is 21.3. The maximum absolute atomic E-state index is 14.8. The lowest BCUT2D eigenvalue weighted by Crippen LogP contribution is -2.48. The average molecular weight is 707 g/mol. The van der Waals surface area contributed by atoms with Crippen LogP contribution in [0.15, 0.2) is 36.2 Å². The molecule has 1 aliphatic rings. The first-order valence-corrected chi connectivity index (χ1v) is 15.8. The topological polar surface area (TPSA) is 0 Å². The molecule has 0 nitrogen and oxygen atoms in total. The largest absolute Gasteiger partial charge is 0.383 e. The highest BCUT2D eigenvalue weighted by Crippen LogP contribution is 2.64. The Kier molecular flexibility index (Phi) is 7.80. The molecule has 4 rings (SSSR count). The summed E-state index contributed by atoms with van der Waals surface area (Å²) in [6.07, 6.45) is 2.10. The van der Waals surface area contributed by atoms with Crippen LogP contribution in [0.3, 0.4) is 0 Å². The fourth-order valence-corrected chi connectivity index (χ4v) is 8.22. The smallest absolute Gasteiger partial charge is 0.204 e. The third-order valence-electron chi connectivity index (χ3n) is 6.62. The highest BCUT2D eigenvalue weighted by Gasteiger charge is 2.81. The van der Waals surface area contributed by atoms with Crippen molar-refractivity contribution in [2.75, 3.05) is 4.43 Å². The summed E-state index contributed by atoms with van der Waals surface area (Å²) in [7, 11) is 0. The van der Waals surface area contributed by atoms with E-state index in [1.54, 1.807) is 44.2 Å². The highest BCUT2D eigenvalue weighted by molar-refractivity contribution is 14.1. The van der Waals surface area contributed by atoms with Crippen LogP contribution in [-0.4, -0.2) is 22.2 Å². The Balaban J connectivity index is 1.82. The van der Waals surface area contributed by atoms with Crippen molar-refractivity contribution in [1.82, 2.24) is 0 Å². The van der Waals surface area contributed by atoms with Crippen LogP contribution in [0.25, 0.3) is 25.1 Å². The number of hydrogen-bond acceptors (Lipinski definition) is 3. The first kappa shape index (κ1) is 30.0. The molecule has 0 unspecified atom stereocenters. The van der Waals surface area contributed by atoms with Gasteiger partial charge in [-0.05, 0) is 58.4 Å². The Bertz CT molecular complexity index is 1370. The van der Waals surface area contributed by atoms with Crippen LogP contribution in [-0.2, 0) is 10.8 Å². The third-order valence-corrected chi connectivity index (χ3v) is 11.9. The van der Waals surface area contributed by atoms with Crippen LogP contribution < -0.4 is 0 Å². The minimum absolute atomic E-state index is 0.0226. The minimum atomic E-state index is -5.88. The fraction of sp³-hybridized carbons (Fsp3) is 0.481. The van der Waals surface area contributed by atoms with Gasteiger partial charge in [-0.1, -0.05) is 57.2 Å². The summed E-state index contributed by atoms with van der Waals surface area (Å²) in [5, 5.41) is 0. The van der Waals surface area contributed by atoms with Crippen LogP contribution in [0.5, 0.6) is 0 Å². The summed E-state index contributed by atoms with van der Waals surface area (Å²) in [6.45, 7) is 9.69. The van der Waals surface area contributed by atoms with E-state index in [1.165, 1.54) is 16.2 Å². The summed E-state index contributed by atoms with van der Waals surface area (Å²) in [4.78, 5) is 3.94. The van der Waals surface area contributed by atoms with Gasteiger partial charge in [-0.3, -0.25) is 0 Å². The SMILES string of the molecule is CC(C)(C)c1cc(C2=C(F)C(F)(F)C(F)(F)C2(F)F)c(-c2ccc(-c3ccc(C(C)(C)CCCI)s3)s2)s1. The van der Waals surface area contributed by atoms with Gasteiger partial charge < -0.3 is 0 Å². The summed E-state index contributed by atoms with van der Waals surface area (Å²) < 4.78 is 102. The molecule has 0 spiro atoms. The van der Waals surface area contributed by atoms with Crippen LogP contribution in [0, 0.1) is 0 Å². The lowest BCUT2D eigenvalue weighted by Gasteiger charge is -2.24. The molecule has 3 aromatic heterocycles. The van der Waals surface area contributed by atoms with E-state index in [4.69, 9.17) is 0 Å². The Morgan fingerprint density at radius 1 is 0.763 bits per heavy atom. The average Bonchev–Trinajstić information content (AvgIpc) is 3.56. The molecule has 1 aliphatic carbocycles. The van der Waals surface area contributed by atoms with Crippen LogP contribution >= 0.6 is 56.6 Å². The van der Waals surface area contributed by atoms with Crippen LogP contribution in [0.2, 0.25) is 0 Å². The van der Waals surface area contributed by atoms with Gasteiger partial charge in [0.05, 0.1) is 10.5 Å². The van der Waals surface area contributed by atoms with Crippen molar-refractivity contribution in [2.45, 2.75) is 76.1 Å². The van der Waals surface area contributed by atoms with Gasteiger partial charge in [0.25, 0.3) is 0 Å². The van der Waals surface area contributed by atoms with Gasteiger partial charge in [-0.25, -0.2) is 4.39 Å². The van der Waals surface area contributed by atoms with E-state index >= 15 is 0 Å². The van der Waals surface area contributed by atoms with E-state index in [-0.39, 0.29) is 10.3 Å². The zero-order valence-corrected chi connectivity index (χ0v) is 25.9. The van der Waals surface area contributed by atoms with E-state index in [1.807, 2.05) is 6.07 Å². The number of thiophene rings is 3. The van der Waals surface area contributed by atoms with Crippen molar-refractivity contribution in [3.05, 3.63) is 51.5 Å². The van der Waals surface area contributed by atoms with Crippen molar-refractivity contribution in [3.63, 3.8) is 0 Å². The second kappa shape index (κ2) is 9.87. The molecular weight excluding hydrogens is 680 g/mol. The summed E-state index contributed by atoms with van der Waals surface area (Å²) in [5.74, 6) is -19.6. The molecule has 0 amide bonds. The van der Waals surface area contributed by atoms with Gasteiger partial charge in [0.2, 0.25) is 0 Å². The second-order valence-electron chi connectivity index (χ2n) is 11.0. The minimum Gasteiger partial charge on any atom is -0.204 e. The number of rotatable bonds is 7. The maximum atomic E-state index is 14.8. The first-order valence-electron chi connectivity index (χ1n) is 11.8. The normalized spacial score (nSPS) is 19.0. The Morgan fingerprint density at radius 2 is 1.34 bits per heavy atom. The van der Waals surface area contributed by atoms with E-state index in [0.29, 0.717) is 9.75 Å². The standard InChI is InChI=1S/C27H26F7IS3/c1-23(2,3)19-13-14(20-22(28)26(31,32)27(33,34)25(20,29)30)21(38-19)17-8-7-15(36-17)16-9-10-18(37-16)24(4,5)11-6-12-35/h7-10,13H,6,11-12H2,1-5H3. The van der Waals surface area contributed by atoms with Crippen LogP contribution in [0.1, 0.15) is 62.8 Å². The van der Waals surface area contributed by atoms with Gasteiger partial charge in [-0.15, -0.1) is 34.0 Å². The monoisotopic (exact) mass is 706 g/mol. The fourth-order valence-electron chi connectivity index (χ4n) is 4.26. The Labute approximate surface area is 243 Å². The molecule has 0 aliphatic heterocycles. The van der Waals surface area contributed by atoms with E-state index in [0.717, 1.165) is 44.4 Å². The number of hydrogen-bond donors (Lipinski definition) is 0. The lowest BCUT2D eigenvalue weighted by molar-refractivity contribution is -0.263. The molecule has 208 valence electrons. The van der Waals surface area contributed by atoms with Gasteiger partial charge in [-0.2, -0.15) is 26.3 Å². The number of halogens is 8. The molecule has 0 fully saturated rings. The third kappa shape index (κ3) is 4.81. The molecule has 0 N–H and O–H groups in total. The Morgan fingerprint density at radius 3 is 1.89 bits per heavy atom. The van der Waals surface area contributed by atoms with Crippen molar-refractivity contribution >= 4 is 62.2 Å². The second-order valence-corrected chi connectivity index (χ2v) is 15.3. The quantitative estimate of drug-likeness (QED) is 0.130. The van der Waals surface area contributed by atoms with E-state index < -0.39 is 40.1 Å². The Hall–Kier alpha value is -0.920. The predicted molar refractivity (Wildman–Crippen MR) is 154 cm³/mol. The van der Waals surface area contributed by atoms with Gasteiger partial charge in [0.15, 0.2) is 5.83 Å². The van der Waals surface area contributed by atoms with Crippen molar-refractivity contribution in [1.29, 1.82) is 0 Å². The zero-order chi connectivity index (χ0) is 28.5. The van der Waals surface area contributed by atoms with Gasteiger partial charge in [0, 0.05) is 29.9 Å². The molecule has 0 saturated heterocycles. The molecule has 0 bridgehead atoms. The molecule has 3 heterocycles. The molecular formula is C27H26F7IS3. The molecule has 0 radical (unpaired) electrons. The first-order chi connectivity index (χ1) is 17.4. The summed E-state index contributed by atoms with van der Waals surface area (Å²) in [5.41, 5.74) is -3.18. The van der Waals surface area contributed by atoms with Crippen molar-refractivity contribution in [2.24, 2.45) is 0 Å². The molecule has 3 aromatic rings. The molecule has 0 atom stereocenters. The molecule has 11 heteroatoms.